The standard InChI is InChI=1S/C20H26O2/c1-6-7-14-8-9-16(21)12-17(14)15-10-13(2)19(22)18(11-15)20(3,4)5/h8-12,21-22H,6-7H2,1-5H3. The van der Waals surface area contributed by atoms with Crippen LogP contribution in [-0.4, -0.2) is 10.2 Å². The van der Waals surface area contributed by atoms with Crippen LogP contribution >= 0.6 is 0 Å². The summed E-state index contributed by atoms with van der Waals surface area (Å²) in [7, 11) is 0. The molecule has 2 heteroatoms. The van der Waals surface area contributed by atoms with Crippen molar-refractivity contribution < 1.29 is 10.2 Å². The molecule has 0 spiro atoms. The molecule has 0 radical (unpaired) electrons. The van der Waals surface area contributed by atoms with Crippen LogP contribution in [0.2, 0.25) is 0 Å². The number of phenolic OH excluding ortho intramolecular Hbond substituents is 2. The van der Waals surface area contributed by atoms with Crippen molar-refractivity contribution in [2.45, 2.75) is 52.9 Å². The zero-order valence-electron chi connectivity index (χ0n) is 14.2. The van der Waals surface area contributed by atoms with Crippen LogP contribution in [0.15, 0.2) is 30.3 Å². The monoisotopic (exact) mass is 298 g/mol. The summed E-state index contributed by atoms with van der Waals surface area (Å²) >= 11 is 0. The molecule has 0 saturated carbocycles. The van der Waals surface area contributed by atoms with Crippen molar-refractivity contribution >= 4 is 0 Å². The minimum absolute atomic E-state index is 0.132. The molecule has 0 aliphatic rings. The molecule has 0 atom stereocenters. The van der Waals surface area contributed by atoms with E-state index in [4.69, 9.17) is 0 Å². The average Bonchev–Trinajstić information content (AvgIpc) is 2.42. The topological polar surface area (TPSA) is 40.5 Å². The highest BCUT2D eigenvalue weighted by atomic mass is 16.3. The van der Waals surface area contributed by atoms with Gasteiger partial charge < -0.3 is 10.2 Å². The minimum atomic E-state index is -0.132. The van der Waals surface area contributed by atoms with Crippen LogP contribution in [0.5, 0.6) is 11.5 Å². The van der Waals surface area contributed by atoms with E-state index in [1.807, 2.05) is 25.1 Å². The Kier molecular flexibility index (Phi) is 4.50. The third kappa shape index (κ3) is 3.27. The van der Waals surface area contributed by atoms with Gasteiger partial charge in [0.15, 0.2) is 0 Å². The zero-order valence-corrected chi connectivity index (χ0v) is 14.2. The van der Waals surface area contributed by atoms with E-state index >= 15 is 0 Å². The van der Waals surface area contributed by atoms with E-state index in [0.717, 1.165) is 35.1 Å². The third-order valence-electron chi connectivity index (χ3n) is 4.03. The van der Waals surface area contributed by atoms with Crippen molar-refractivity contribution in [3.8, 4) is 22.6 Å². The van der Waals surface area contributed by atoms with E-state index in [2.05, 4.69) is 33.8 Å². The van der Waals surface area contributed by atoms with Crippen LogP contribution in [0.1, 0.15) is 50.8 Å². The number of benzene rings is 2. The SMILES string of the molecule is CCCc1ccc(O)cc1-c1cc(C)c(O)c(C(C)(C)C)c1. The number of aryl methyl sites for hydroxylation is 2. The first kappa shape index (κ1) is 16.4. The van der Waals surface area contributed by atoms with Gasteiger partial charge in [0.25, 0.3) is 0 Å². The van der Waals surface area contributed by atoms with Crippen molar-refractivity contribution in [1.82, 2.24) is 0 Å². The molecule has 0 amide bonds. The fraction of sp³-hybridized carbons (Fsp3) is 0.400. The predicted octanol–water partition coefficient (Wildman–Crippen LogP) is 5.32. The van der Waals surface area contributed by atoms with Gasteiger partial charge in [0.1, 0.15) is 11.5 Å². The van der Waals surface area contributed by atoms with Crippen molar-refractivity contribution in [2.24, 2.45) is 0 Å². The molecule has 22 heavy (non-hydrogen) atoms. The van der Waals surface area contributed by atoms with Crippen LogP contribution in [0.4, 0.5) is 0 Å². The van der Waals surface area contributed by atoms with E-state index in [0.29, 0.717) is 5.75 Å². The molecule has 2 aromatic carbocycles. The van der Waals surface area contributed by atoms with E-state index < -0.39 is 0 Å². The molecule has 0 aliphatic heterocycles. The maximum Gasteiger partial charge on any atom is 0.122 e. The third-order valence-corrected chi connectivity index (χ3v) is 4.03. The van der Waals surface area contributed by atoms with Crippen LogP contribution in [0, 0.1) is 6.92 Å². The number of hydrogen-bond acceptors (Lipinski definition) is 2. The van der Waals surface area contributed by atoms with Crippen LogP contribution in [-0.2, 0) is 11.8 Å². The van der Waals surface area contributed by atoms with Crippen molar-refractivity contribution in [3.05, 3.63) is 47.0 Å². The Labute approximate surface area is 133 Å². The number of hydrogen-bond donors (Lipinski definition) is 2. The van der Waals surface area contributed by atoms with Gasteiger partial charge in [-0.15, -0.1) is 0 Å². The van der Waals surface area contributed by atoms with Crippen LogP contribution in [0.3, 0.4) is 0 Å². The van der Waals surface area contributed by atoms with Gasteiger partial charge in [-0.3, -0.25) is 0 Å². The van der Waals surface area contributed by atoms with Crippen molar-refractivity contribution in [2.75, 3.05) is 0 Å². The maximum absolute atomic E-state index is 10.4. The highest BCUT2D eigenvalue weighted by molar-refractivity contribution is 5.72. The summed E-state index contributed by atoms with van der Waals surface area (Å²) < 4.78 is 0. The van der Waals surface area contributed by atoms with Gasteiger partial charge in [-0.05, 0) is 65.3 Å². The van der Waals surface area contributed by atoms with E-state index in [1.54, 1.807) is 6.07 Å². The summed E-state index contributed by atoms with van der Waals surface area (Å²) in [6.07, 6.45) is 2.03. The van der Waals surface area contributed by atoms with Gasteiger partial charge in [0.2, 0.25) is 0 Å². The molecule has 0 aliphatic carbocycles. The van der Waals surface area contributed by atoms with Gasteiger partial charge >= 0.3 is 0 Å². The maximum atomic E-state index is 10.4. The van der Waals surface area contributed by atoms with Gasteiger partial charge in [-0.2, -0.15) is 0 Å². The van der Waals surface area contributed by atoms with E-state index in [9.17, 15) is 10.2 Å². The Morgan fingerprint density at radius 1 is 1.00 bits per heavy atom. The number of phenols is 2. The summed E-state index contributed by atoms with van der Waals surface area (Å²) in [6, 6.07) is 9.61. The van der Waals surface area contributed by atoms with Crippen LogP contribution in [0.25, 0.3) is 11.1 Å². The first-order valence-electron chi connectivity index (χ1n) is 7.90. The molecule has 2 aromatic rings. The molecule has 118 valence electrons. The molecule has 2 nitrogen and oxygen atoms in total. The Morgan fingerprint density at radius 3 is 2.27 bits per heavy atom. The number of rotatable bonds is 3. The molecule has 0 aromatic heterocycles. The van der Waals surface area contributed by atoms with Crippen LogP contribution < -0.4 is 0 Å². The molecule has 2 N–H and O–H groups in total. The molecule has 0 unspecified atom stereocenters. The first-order valence-corrected chi connectivity index (χ1v) is 7.90. The molecular weight excluding hydrogens is 272 g/mol. The highest BCUT2D eigenvalue weighted by Gasteiger charge is 2.21. The largest absolute Gasteiger partial charge is 0.508 e. The van der Waals surface area contributed by atoms with Gasteiger partial charge in [0.05, 0.1) is 0 Å². The minimum Gasteiger partial charge on any atom is -0.508 e. The lowest BCUT2D eigenvalue weighted by molar-refractivity contribution is 0.443. The second-order valence-corrected chi connectivity index (χ2v) is 7.03. The van der Waals surface area contributed by atoms with Gasteiger partial charge in [-0.25, -0.2) is 0 Å². The zero-order chi connectivity index (χ0) is 16.5. The summed E-state index contributed by atoms with van der Waals surface area (Å²) in [5, 5.41) is 20.3. The average molecular weight is 298 g/mol. The fourth-order valence-electron chi connectivity index (χ4n) is 2.83. The molecule has 0 heterocycles. The Balaban J connectivity index is 2.68. The lowest BCUT2D eigenvalue weighted by Gasteiger charge is -2.23. The molecular formula is C20H26O2. The summed E-state index contributed by atoms with van der Waals surface area (Å²) in [6.45, 7) is 10.4. The second kappa shape index (κ2) is 6.04. The summed E-state index contributed by atoms with van der Waals surface area (Å²) in [4.78, 5) is 0. The normalized spacial score (nSPS) is 11.7. The van der Waals surface area contributed by atoms with Gasteiger partial charge in [0, 0.05) is 5.56 Å². The molecule has 0 bridgehead atoms. The molecule has 0 saturated heterocycles. The first-order chi connectivity index (χ1) is 10.2. The Morgan fingerprint density at radius 2 is 1.68 bits per heavy atom. The second-order valence-electron chi connectivity index (χ2n) is 7.03. The van der Waals surface area contributed by atoms with Crippen molar-refractivity contribution in [3.63, 3.8) is 0 Å². The number of aromatic hydroxyl groups is 2. The summed E-state index contributed by atoms with van der Waals surface area (Å²) in [5.41, 5.74) is 5.01. The van der Waals surface area contributed by atoms with E-state index in [-0.39, 0.29) is 11.2 Å². The quantitative estimate of drug-likeness (QED) is 0.804. The molecule has 0 fully saturated rings. The van der Waals surface area contributed by atoms with Gasteiger partial charge in [-0.1, -0.05) is 40.2 Å². The summed E-state index contributed by atoms with van der Waals surface area (Å²) in [5.74, 6) is 0.645. The highest BCUT2D eigenvalue weighted by Crippen LogP contribution is 2.38. The smallest absolute Gasteiger partial charge is 0.122 e. The predicted molar refractivity (Wildman–Crippen MR) is 92.6 cm³/mol. The van der Waals surface area contributed by atoms with Crippen molar-refractivity contribution in [1.29, 1.82) is 0 Å². The lowest BCUT2D eigenvalue weighted by Crippen LogP contribution is -2.12. The lowest BCUT2D eigenvalue weighted by atomic mass is 9.82. The molecule has 2 rings (SSSR count). The fourth-order valence-corrected chi connectivity index (χ4v) is 2.83. The Hall–Kier alpha value is -1.96. The van der Waals surface area contributed by atoms with E-state index in [1.165, 1.54) is 5.56 Å². The Bertz CT molecular complexity index is 679.